The Hall–Kier alpha value is -1.74. The molecule has 0 radical (unpaired) electrons. The average molecular weight is 265 g/mol. The number of hydrogen-bond donors (Lipinski definition) is 1. The van der Waals surface area contributed by atoms with Crippen LogP contribution in [-0.4, -0.2) is 7.05 Å². The molecular formula is C14H14ClFN2. The van der Waals surface area contributed by atoms with Gasteiger partial charge in [-0.1, -0.05) is 11.6 Å². The molecule has 2 aromatic carbocycles. The normalized spacial score (nSPS) is 10.4. The number of halogens is 2. The maximum absolute atomic E-state index is 12.9. The first kappa shape index (κ1) is 12.7. The van der Waals surface area contributed by atoms with Gasteiger partial charge in [0.05, 0.1) is 16.4 Å². The quantitative estimate of drug-likeness (QED) is 0.826. The molecular weight excluding hydrogens is 251 g/mol. The molecule has 18 heavy (non-hydrogen) atoms. The molecule has 0 amide bonds. The number of aryl methyl sites for hydroxylation is 1. The molecule has 2 N–H and O–H groups in total. The van der Waals surface area contributed by atoms with Crippen molar-refractivity contribution in [2.75, 3.05) is 17.7 Å². The van der Waals surface area contributed by atoms with Crippen LogP contribution in [0, 0.1) is 12.7 Å². The van der Waals surface area contributed by atoms with Crippen LogP contribution in [0.25, 0.3) is 0 Å². The molecule has 0 aliphatic carbocycles. The standard InChI is InChI=1S/C14H14ClFN2/c1-9-7-12(17)14(15)13(8-9)18(2)11-5-3-10(16)4-6-11/h3-8H,17H2,1-2H3. The first-order chi connectivity index (χ1) is 8.49. The molecule has 2 aromatic rings. The number of rotatable bonds is 2. The summed E-state index contributed by atoms with van der Waals surface area (Å²) < 4.78 is 12.9. The topological polar surface area (TPSA) is 29.3 Å². The van der Waals surface area contributed by atoms with E-state index in [-0.39, 0.29) is 5.82 Å². The van der Waals surface area contributed by atoms with Crippen molar-refractivity contribution in [2.24, 2.45) is 0 Å². The second kappa shape index (κ2) is 4.86. The predicted octanol–water partition coefficient (Wildman–Crippen LogP) is 4.14. The fourth-order valence-electron chi connectivity index (χ4n) is 1.83. The summed E-state index contributed by atoms with van der Waals surface area (Å²) in [6.07, 6.45) is 0. The monoisotopic (exact) mass is 264 g/mol. The van der Waals surface area contributed by atoms with E-state index in [1.807, 2.05) is 31.0 Å². The lowest BCUT2D eigenvalue weighted by Crippen LogP contribution is -2.11. The Balaban J connectivity index is 2.45. The largest absolute Gasteiger partial charge is 0.397 e. The smallest absolute Gasteiger partial charge is 0.123 e. The van der Waals surface area contributed by atoms with Crippen LogP contribution in [0.2, 0.25) is 5.02 Å². The lowest BCUT2D eigenvalue weighted by atomic mass is 10.1. The van der Waals surface area contributed by atoms with Crippen LogP contribution in [0.3, 0.4) is 0 Å². The maximum Gasteiger partial charge on any atom is 0.123 e. The Morgan fingerprint density at radius 2 is 1.78 bits per heavy atom. The zero-order valence-electron chi connectivity index (χ0n) is 10.2. The zero-order chi connectivity index (χ0) is 13.3. The summed E-state index contributed by atoms with van der Waals surface area (Å²) in [6.45, 7) is 1.95. The van der Waals surface area contributed by atoms with Crippen molar-refractivity contribution in [1.82, 2.24) is 0 Å². The Kier molecular flexibility index (Phi) is 3.43. The molecule has 0 saturated heterocycles. The molecule has 2 nitrogen and oxygen atoms in total. The Morgan fingerprint density at radius 3 is 2.39 bits per heavy atom. The van der Waals surface area contributed by atoms with E-state index in [1.54, 1.807) is 12.1 Å². The summed E-state index contributed by atoms with van der Waals surface area (Å²) in [5.74, 6) is -0.262. The van der Waals surface area contributed by atoms with E-state index in [2.05, 4.69) is 0 Å². The third-order valence-corrected chi connectivity index (χ3v) is 3.21. The highest BCUT2D eigenvalue weighted by molar-refractivity contribution is 6.36. The Morgan fingerprint density at radius 1 is 1.17 bits per heavy atom. The van der Waals surface area contributed by atoms with E-state index in [0.717, 1.165) is 16.9 Å². The van der Waals surface area contributed by atoms with Crippen molar-refractivity contribution in [3.63, 3.8) is 0 Å². The highest BCUT2D eigenvalue weighted by Gasteiger charge is 2.11. The van der Waals surface area contributed by atoms with Crippen molar-refractivity contribution < 1.29 is 4.39 Å². The van der Waals surface area contributed by atoms with E-state index < -0.39 is 0 Å². The van der Waals surface area contributed by atoms with Crippen LogP contribution < -0.4 is 10.6 Å². The first-order valence-corrected chi connectivity index (χ1v) is 5.92. The van der Waals surface area contributed by atoms with Crippen molar-refractivity contribution >= 4 is 28.7 Å². The molecule has 0 aliphatic heterocycles. The van der Waals surface area contributed by atoms with Gasteiger partial charge in [-0.05, 0) is 48.9 Å². The van der Waals surface area contributed by atoms with Gasteiger partial charge >= 0.3 is 0 Å². The van der Waals surface area contributed by atoms with E-state index >= 15 is 0 Å². The molecule has 94 valence electrons. The fourth-order valence-corrected chi connectivity index (χ4v) is 2.06. The van der Waals surface area contributed by atoms with Crippen LogP contribution in [0.1, 0.15) is 5.56 Å². The lowest BCUT2D eigenvalue weighted by molar-refractivity contribution is 0.628. The maximum atomic E-state index is 12.9. The number of nitrogen functional groups attached to an aromatic ring is 1. The molecule has 0 unspecified atom stereocenters. The molecule has 0 spiro atoms. The second-order valence-electron chi connectivity index (χ2n) is 4.22. The lowest BCUT2D eigenvalue weighted by Gasteiger charge is -2.22. The van der Waals surface area contributed by atoms with Crippen LogP contribution >= 0.6 is 11.6 Å². The number of hydrogen-bond acceptors (Lipinski definition) is 2. The second-order valence-corrected chi connectivity index (χ2v) is 4.60. The van der Waals surface area contributed by atoms with Gasteiger partial charge < -0.3 is 10.6 Å². The van der Waals surface area contributed by atoms with Gasteiger partial charge in [-0.15, -0.1) is 0 Å². The summed E-state index contributed by atoms with van der Waals surface area (Å²) in [5, 5.41) is 0.507. The van der Waals surface area contributed by atoms with E-state index in [0.29, 0.717) is 10.7 Å². The van der Waals surface area contributed by atoms with Gasteiger partial charge in [-0.2, -0.15) is 0 Å². The third kappa shape index (κ3) is 2.41. The predicted molar refractivity (Wildman–Crippen MR) is 75.1 cm³/mol. The fraction of sp³-hybridized carbons (Fsp3) is 0.143. The number of benzene rings is 2. The minimum Gasteiger partial charge on any atom is -0.397 e. The Labute approximate surface area is 111 Å². The molecule has 2 rings (SSSR count). The molecule has 0 aliphatic rings. The molecule has 0 heterocycles. The SMILES string of the molecule is Cc1cc(N)c(Cl)c(N(C)c2ccc(F)cc2)c1. The van der Waals surface area contributed by atoms with Gasteiger partial charge in [-0.3, -0.25) is 0 Å². The number of anilines is 3. The third-order valence-electron chi connectivity index (χ3n) is 2.80. The highest BCUT2D eigenvalue weighted by Crippen LogP contribution is 2.35. The van der Waals surface area contributed by atoms with Gasteiger partial charge in [0.25, 0.3) is 0 Å². The molecule has 0 aromatic heterocycles. The summed E-state index contributed by atoms with van der Waals surface area (Å²) >= 11 is 6.20. The summed E-state index contributed by atoms with van der Waals surface area (Å²) in [5.41, 5.74) is 9.07. The van der Waals surface area contributed by atoms with E-state index in [4.69, 9.17) is 17.3 Å². The average Bonchev–Trinajstić information content (AvgIpc) is 2.34. The summed E-state index contributed by atoms with van der Waals surface area (Å²) in [7, 11) is 1.87. The van der Waals surface area contributed by atoms with Gasteiger partial charge in [0.15, 0.2) is 0 Å². The molecule has 0 atom stereocenters. The van der Waals surface area contributed by atoms with Crippen molar-refractivity contribution in [3.05, 3.63) is 52.8 Å². The molecule has 0 bridgehead atoms. The minimum absolute atomic E-state index is 0.262. The van der Waals surface area contributed by atoms with Crippen LogP contribution in [0.5, 0.6) is 0 Å². The number of nitrogens with two attached hydrogens (primary N) is 1. The van der Waals surface area contributed by atoms with E-state index in [9.17, 15) is 4.39 Å². The van der Waals surface area contributed by atoms with Gasteiger partial charge in [0.2, 0.25) is 0 Å². The van der Waals surface area contributed by atoms with Gasteiger partial charge in [-0.25, -0.2) is 4.39 Å². The van der Waals surface area contributed by atoms with Crippen molar-refractivity contribution in [2.45, 2.75) is 6.92 Å². The van der Waals surface area contributed by atoms with Gasteiger partial charge in [0, 0.05) is 12.7 Å². The zero-order valence-corrected chi connectivity index (χ0v) is 11.0. The Bertz CT molecular complexity index is 567. The van der Waals surface area contributed by atoms with Crippen LogP contribution in [0.15, 0.2) is 36.4 Å². The molecule has 4 heteroatoms. The summed E-state index contributed by atoms with van der Waals surface area (Å²) in [6, 6.07) is 10.00. The van der Waals surface area contributed by atoms with Crippen molar-refractivity contribution in [3.8, 4) is 0 Å². The number of nitrogens with zero attached hydrogens (tertiary/aromatic N) is 1. The molecule has 0 saturated carbocycles. The highest BCUT2D eigenvalue weighted by atomic mass is 35.5. The minimum atomic E-state index is -0.262. The van der Waals surface area contributed by atoms with Crippen LogP contribution in [0.4, 0.5) is 21.5 Å². The van der Waals surface area contributed by atoms with Gasteiger partial charge in [0.1, 0.15) is 5.82 Å². The van der Waals surface area contributed by atoms with Crippen LogP contribution in [-0.2, 0) is 0 Å². The summed E-state index contributed by atoms with van der Waals surface area (Å²) in [4.78, 5) is 1.88. The first-order valence-electron chi connectivity index (χ1n) is 5.54. The van der Waals surface area contributed by atoms with E-state index in [1.165, 1.54) is 12.1 Å². The molecule has 0 fully saturated rings. The van der Waals surface area contributed by atoms with Crippen molar-refractivity contribution in [1.29, 1.82) is 0 Å².